The third kappa shape index (κ3) is 4.33. The van der Waals surface area contributed by atoms with Gasteiger partial charge in [-0.15, -0.1) is 0 Å². The smallest absolute Gasteiger partial charge is 0.320 e. The van der Waals surface area contributed by atoms with E-state index in [1.54, 1.807) is 24.5 Å². The molecule has 22 heavy (non-hydrogen) atoms. The molecule has 0 bridgehead atoms. The maximum Gasteiger partial charge on any atom is 0.320 e. The average Bonchev–Trinajstić information content (AvgIpc) is 2.54. The topological polar surface area (TPSA) is 89.0 Å². The maximum atomic E-state index is 11.9. The lowest BCUT2D eigenvalue weighted by Crippen LogP contribution is -2.32. The van der Waals surface area contributed by atoms with E-state index in [1.165, 1.54) is 13.3 Å². The first kappa shape index (κ1) is 15.5. The van der Waals surface area contributed by atoms with E-state index in [0.717, 1.165) is 11.1 Å². The third-order valence-electron chi connectivity index (χ3n) is 2.57. The molecule has 2 rings (SSSR count). The highest BCUT2D eigenvalue weighted by atomic mass is 19.3. The Morgan fingerprint density at radius 2 is 1.86 bits per heavy atom. The standard InChI is InChI=1S/C13H13F2N5O2/c1-22-13-18-5-9(6-19-13)8-2-3-11(16-4-8)20-12(21)17-7-10(14)15/h2-6,10H,7H2,1H3,(H2,16,17,20,21). The van der Waals surface area contributed by atoms with Gasteiger partial charge in [0.2, 0.25) is 0 Å². The summed E-state index contributed by atoms with van der Waals surface area (Å²) in [6.45, 7) is -0.715. The van der Waals surface area contributed by atoms with Crippen LogP contribution in [0.3, 0.4) is 0 Å². The Bertz CT molecular complexity index is 619. The highest BCUT2D eigenvalue weighted by Crippen LogP contribution is 2.18. The van der Waals surface area contributed by atoms with Crippen LogP contribution in [0.2, 0.25) is 0 Å². The number of nitrogens with zero attached hydrogens (tertiary/aromatic N) is 3. The molecule has 0 fully saturated rings. The number of ether oxygens (including phenoxy) is 1. The molecule has 0 aliphatic carbocycles. The van der Waals surface area contributed by atoms with Crippen LogP contribution in [0, 0.1) is 0 Å². The fourth-order valence-corrected chi connectivity index (χ4v) is 1.54. The Balaban J connectivity index is 1.98. The lowest BCUT2D eigenvalue weighted by atomic mass is 10.1. The molecule has 0 saturated carbocycles. The summed E-state index contributed by atoms with van der Waals surface area (Å²) in [6, 6.07) is 2.75. The van der Waals surface area contributed by atoms with Crippen molar-refractivity contribution >= 4 is 11.8 Å². The molecule has 0 spiro atoms. The predicted octanol–water partition coefficient (Wildman–Crippen LogP) is 1.93. The number of hydrogen-bond donors (Lipinski definition) is 2. The van der Waals surface area contributed by atoms with Gasteiger partial charge in [0, 0.05) is 29.7 Å². The van der Waals surface area contributed by atoms with Gasteiger partial charge in [-0.05, 0) is 12.1 Å². The minimum absolute atomic E-state index is 0.241. The summed E-state index contributed by atoms with van der Waals surface area (Å²) in [5.41, 5.74) is 1.46. The molecule has 0 aromatic carbocycles. The van der Waals surface area contributed by atoms with Crippen LogP contribution in [-0.4, -0.2) is 41.1 Å². The lowest BCUT2D eigenvalue weighted by molar-refractivity contribution is 0.148. The van der Waals surface area contributed by atoms with E-state index in [2.05, 4.69) is 20.3 Å². The number of hydrogen-bond acceptors (Lipinski definition) is 5. The van der Waals surface area contributed by atoms with E-state index in [-0.39, 0.29) is 11.8 Å². The van der Waals surface area contributed by atoms with Crippen LogP contribution in [0.1, 0.15) is 0 Å². The average molecular weight is 309 g/mol. The minimum atomic E-state index is -2.60. The van der Waals surface area contributed by atoms with Gasteiger partial charge < -0.3 is 10.1 Å². The van der Waals surface area contributed by atoms with Crippen LogP contribution < -0.4 is 15.4 Å². The summed E-state index contributed by atoms with van der Waals surface area (Å²) in [6.07, 6.45) is 2.06. The highest BCUT2D eigenvalue weighted by molar-refractivity contribution is 5.88. The summed E-state index contributed by atoms with van der Waals surface area (Å²) in [5.74, 6) is 0.241. The predicted molar refractivity (Wildman–Crippen MR) is 74.8 cm³/mol. The van der Waals surface area contributed by atoms with Crippen LogP contribution in [-0.2, 0) is 0 Å². The van der Waals surface area contributed by atoms with Crippen molar-refractivity contribution in [3.8, 4) is 17.1 Å². The molecule has 2 aromatic rings. The molecular weight excluding hydrogens is 296 g/mol. The normalized spacial score (nSPS) is 10.4. The number of nitrogens with one attached hydrogen (secondary N) is 2. The second-order valence-corrected chi connectivity index (χ2v) is 4.12. The molecule has 0 aliphatic heterocycles. The van der Waals surface area contributed by atoms with Gasteiger partial charge in [0.05, 0.1) is 13.7 Å². The number of carbonyl (C=O) groups is 1. The first-order chi connectivity index (χ1) is 10.6. The molecule has 116 valence electrons. The first-order valence-corrected chi connectivity index (χ1v) is 6.24. The summed E-state index contributed by atoms with van der Waals surface area (Å²) in [5, 5.41) is 4.36. The van der Waals surface area contributed by atoms with Crippen LogP contribution in [0.25, 0.3) is 11.1 Å². The van der Waals surface area contributed by atoms with Crippen LogP contribution in [0.4, 0.5) is 19.4 Å². The van der Waals surface area contributed by atoms with Crippen molar-refractivity contribution in [2.45, 2.75) is 6.43 Å². The van der Waals surface area contributed by atoms with E-state index in [4.69, 9.17) is 4.74 Å². The van der Waals surface area contributed by atoms with Gasteiger partial charge in [0.25, 0.3) is 6.43 Å². The van der Waals surface area contributed by atoms with Crippen molar-refractivity contribution in [2.75, 3.05) is 19.0 Å². The molecule has 0 atom stereocenters. The van der Waals surface area contributed by atoms with E-state index >= 15 is 0 Å². The molecule has 0 radical (unpaired) electrons. The van der Waals surface area contributed by atoms with Crippen LogP contribution >= 0.6 is 0 Å². The van der Waals surface area contributed by atoms with E-state index in [1.807, 2.05) is 5.32 Å². The molecule has 7 nitrogen and oxygen atoms in total. The van der Waals surface area contributed by atoms with Crippen molar-refractivity contribution < 1.29 is 18.3 Å². The summed E-state index contributed by atoms with van der Waals surface area (Å²) >= 11 is 0. The zero-order valence-corrected chi connectivity index (χ0v) is 11.6. The quantitative estimate of drug-likeness (QED) is 0.881. The second-order valence-electron chi connectivity index (χ2n) is 4.12. The second kappa shape index (κ2) is 7.25. The molecule has 0 saturated heterocycles. The number of amides is 2. The van der Waals surface area contributed by atoms with Crippen molar-refractivity contribution in [1.29, 1.82) is 0 Å². The fraction of sp³-hybridized carbons (Fsp3) is 0.231. The minimum Gasteiger partial charge on any atom is -0.467 e. The Hall–Kier alpha value is -2.84. The summed E-state index contributed by atoms with van der Waals surface area (Å²) in [7, 11) is 1.47. The number of anilines is 1. The molecular formula is C13H13F2N5O2. The number of alkyl halides is 2. The zero-order valence-electron chi connectivity index (χ0n) is 11.6. The lowest BCUT2D eigenvalue weighted by Gasteiger charge is -2.07. The van der Waals surface area contributed by atoms with Gasteiger partial charge in [-0.3, -0.25) is 5.32 Å². The molecule has 2 N–H and O–H groups in total. The monoisotopic (exact) mass is 309 g/mol. The van der Waals surface area contributed by atoms with Gasteiger partial charge in [-0.25, -0.2) is 28.5 Å². The van der Waals surface area contributed by atoms with Crippen LogP contribution in [0.15, 0.2) is 30.7 Å². The maximum absolute atomic E-state index is 11.9. The number of carbonyl (C=O) groups excluding carboxylic acids is 1. The zero-order chi connectivity index (χ0) is 15.9. The van der Waals surface area contributed by atoms with Gasteiger partial charge in [-0.1, -0.05) is 0 Å². The summed E-state index contributed by atoms with van der Waals surface area (Å²) in [4.78, 5) is 23.3. The van der Waals surface area contributed by atoms with Crippen LogP contribution in [0.5, 0.6) is 6.01 Å². The number of halogens is 2. The van der Waals surface area contributed by atoms with E-state index < -0.39 is 19.0 Å². The number of aromatic nitrogens is 3. The Labute approximate surface area is 124 Å². The molecule has 0 unspecified atom stereocenters. The van der Waals surface area contributed by atoms with Gasteiger partial charge in [-0.2, -0.15) is 0 Å². The Morgan fingerprint density at radius 3 is 2.41 bits per heavy atom. The molecule has 0 aliphatic rings. The fourth-order valence-electron chi connectivity index (χ4n) is 1.54. The first-order valence-electron chi connectivity index (χ1n) is 6.24. The van der Waals surface area contributed by atoms with Crippen molar-refractivity contribution in [3.05, 3.63) is 30.7 Å². The van der Waals surface area contributed by atoms with Gasteiger partial charge >= 0.3 is 12.0 Å². The summed E-state index contributed by atoms with van der Waals surface area (Å²) < 4.78 is 28.8. The van der Waals surface area contributed by atoms with Crippen molar-refractivity contribution in [1.82, 2.24) is 20.3 Å². The van der Waals surface area contributed by atoms with E-state index in [9.17, 15) is 13.6 Å². The molecule has 2 amide bonds. The van der Waals surface area contributed by atoms with Gasteiger partial charge in [0.15, 0.2) is 0 Å². The number of rotatable bonds is 5. The van der Waals surface area contributed by atoms with Crippen molar-refractivity contribution in [3.63, 3.8) is 0 Å². The van der Waals surface area contributed by atoms with Gasteiger partial charge in [0.1, 0.15) is 5.82 Å². The third-order valence-corrected chi connectivity index (χ3v) is 2.57. The molecule has 2 heterocycles. The molecule has 2 aromatic heterocycles. The SMILES string of the molecule is COc1ncc(-c2ccc(NC(=O)NCC(F)F)nc2)cn1. The Kier molecular flexibility index (Phi) is 5.12. The number of pyridine rings is 1. The molecule has 9 heteroatoms. The Morgan fingerprint density at radius 1 is 1.18 bits per heavy atom. The highest BCUT2D eigenvalue weighted by Gasteiger charge is 2.07. The van der Waals surface area contributed by atoms with Crippen molar-refractivity contribution in [2.24, 2.45) is 0 Å². The number of urea groups is 1. The number of methoxy groups -OCH3 is 1. The van der Waals surface area contributed by atoms with E-state index in [0.29, 0.717) is 0 Å². The largest absolute Gasteiger partial charge is 0.467 e.